The van der Waals surface area contributed by atoms with Crippen molar-refractivity contribution in [1.82, 2.24) is 14.5 Å². The Bertz CT molecular complexity index is 1770. The number of hydrogen-bond donors (Lipinski definition) is 1. The van der Waals surface area contributed by atoms with Crippen LogP contribution in [-0.4, -0.2) is 38.3 Å². The molecule has 1 atom stereocenters. The van der Waals surface area contributed by atoms with Crippen LogP contribution >= 0.6 is 11.6 Å². The molecule has 8 nitrogen and oxygen atoms in total. The zero-order valence-corrected chi connectivity index (χ0v) is 22.1. The number of hydrogen-bond acceptors (Lipinski definition) is 6. The number of imidazole rings is 1. The molecule has 41 heavy (non-hydrogen) atoms. The number of carboxylic acid groups (broad SMARTS) is 1. The van der Waals surface area contributed by atoms with Gasteiger partial charge in [0.25, 0.3) is 0 Å². The maximum absolute atomic E-state index is 15.3. The monoisotopic (exact) mass is 577 g/mol. The lowest BCUT2D eigenvalue weighted by molar-refractivity contribution is -0.0593. The number of halogens is 3. The third-order valence-corrected chi connectivity index (χ3v) is 6.91. The van der Waals surface area contributed by atoms with Crippen molar-refractivity contribution in [3.63, 3.8) is 0 Å². The fraction of sp³-hybridized carbons (Fsp3) is 0.167. The van der Waals surface area contributed by atoms with Crippen molar-refractivity contribution in [3.05, 3.63) is 101 Å². The first kappa shape index (κ1) is 26.7. The molecule has 1 fully saturated rings. The number of ether oxygens (including phenoxy) is 3. The smallest absolute Gasteiger partial charge is 0.335 e. The van der Waals surface area contributed by atoms with Crippen molar-refractivity contribution >= 4 is 28.6 Å². The van der Waals surface area contributed by atoms with Crippen LogP contribution in [0.25, 0.3) is 22.3 Å². The van der Waals surface area contributed by atoms with E-state index < -0.39 is 17.6 Å². The number of carboxylic acids is 1. The van der Waals surface area contributed by atoms with Gasteiger partial charge in [-0.2, -0.15) is 4.98 Å². The molecule has 1 saturated heterocycles. The largest absolute Gasteiger partial charge is 0.478 e. The highest BCUT2D eigenvalue weighted by Crippen LogP contribution is 2.32. The molecule has 2 aromatic heterocycles. The number of aromatic carboxylic acids is 1. The number of nitrogens with zero attached hydrogens (tertiary/aromatic N) is 3. The van der Waals surface area contributed by atoms with Gasteiger partial charge in [0.2, 0.25) is 5.88 Å². The molecule has 6 rings (SSSR count). The molecule has 5 aromatic rings. The van der Waals surface area contributed by atoms with Gasteiger partial charge < -0.3 is 19.3 Å². The normalized spacial score (nSPS) is 14.6. The Hall–Kier alpha value is -4.54. The number of pyridine rings is 1. The predicted octanol–water partition coefficient (Wildman–Crippen LogP) is 6.89. The summed E-state index contributed by atoms with van der Waals surface area (Å²) in [6.45, 7) is 0.987. The van der Waals surface area contributed by atoms with Crippen LogP contribution in [0, 0.1) is 11.6 Å². The molecule has 0 aliphatic carbocycles. The lowest BCUT2D eigenvalue weighted by atomic mass is 10.1. The first-order chi connectivity index (χ1) is 19.8. The zero-order valence-electron chi connectivity index (χ0n) is 21.4. The summed E-state index contributed by atoms with van der Waals surface area (Å²) in [5.74, 6) is -1.74. The lowest BCUT2D eigenvalue weighted by Crippen LogP contribution is -2.31. The van der Waals surface area contributed by atoms with Gasteiger partial charge in [0.15, 0.2) is 0 Å². The van der Waals surface area contributed by atoms with E-state index in [9.17, 15) is 14.3 Å². The molecule has 0 spiro atoms. The van der Waals surface area contributed by atoms with E-state index in [0.717, 1.165) is 6.42 Å². The minimum absolute atomic E-state index is 0.0564. The summed E-state index contributed by atoms with van der Waals surface area (Å²) in [7, 11) is 0. The van der Waals surface area contributed by atoms with Gasteiger partial charge in [0.1, 0.15) is 24.0 Å². The van der Waals surface area contributed by atoms with Crippen molar-refractivity contribution in [2.75, 3.05) is 6.61 Å². The van der Waals surface area contributed by atoms with Crippen LogP contribution in [0.2, 0.25) is 5.02 Å². The van der Waals surface area contributed by atoms with Gasteiger partial charge in [0.05, 0.1) is 34.9 Å². The minimum atomic E-state index is -1.06. The Morgan fingerprint density at radius 2 is 1.90 bits per heavy atom. The fourth-order valence-electron chi connectivity index (χ4n) is 4.43. The van der Waals surface area contributed by atoms with Gasteiger partial charge in [-0.25, -0.2) is 18.6 Å². The van der Waals surface area contributed by atoms with Crippen LogP contribution in [0.3, 0.4) is 0 Å². The van der Waals surface area contributed by atoms with Gasteiger partial charge in [-0.05, 0) is 55.0 Å². The molecule has 1 N–H and O–H groups in total. The van der Waals surface area contributed by atoms with E-state index in [2.05, 4.69) is 9.97 Å². The quantitative estimate of drug-likeness (QED) is 0.204. The van der Waals surface area contributed by atoms with Gasteiger partial charge >= 0.3 is 12.0 Å². The highest BCUT2D eigenvalue weighted by Gasteiger charge is 2.24. The SMILES string of the molecule is O=C(O)c1ccc2nc(Oc3ccc(-c4cccc(OCc5ccc(Cl)cc5F)n4)c(F)c3)n(CC3CCO3)c2c1. The highest BCUT2D eigenvalue weighted by atomic mass is 35.5. The van der Waals surface area contributed by atoms with Crippen LogP contribution in [-0.2, 0) is 17.9 Å². The minimum Gasteiger partial charge on any atom is -0.478 e. The van der Waals surface area contributed by atoms with Crippen LogP contribution in [0.4, 0.5) is 8.78 Å². The topological polar surface area (TPSA) is 95.7 Å². The Kier molecular flexibility index (Phi) is 7.25. The Labute approximate surface area is 237 Å². The highest BCUT2D eigenvalue weighted by molar-refractivity contribution is 6.30. The molecule has 1 unspecified atom stereocenters. The molecule has 0 radical (unpaired) electrons. The molecule has 208 valence electrons. The number of rotatable bonds is 9. The van der Waals surface area contributed by atoms with Gasteiger partial charge in [0, 0.05) is 34.9 Å². The Balaban J connectivity index is 1.23. The van der Waals surface area contributed by atoms with E-state index in [1.807, 2.05) is 0 Å². The Morgan fingerprint density at radius 3 is 2.63 bits per heavy atom. The molecule has 3 aromatic carbocycles. The molecule has 1 aliphatic heterocycles. The third kappa shape index (κ3) is 5.70. The van der Waals surface area contributed by atoms with Crippen molar-refractivity contribution in [1.29, 1.82) is 0 Å². The second-order valence-corrected chi connectivity index (χ2v) is 9.86. The van der Waals surface area contributed by atoms with Crippen LogP contribution in [0.15, 0.2) is 72.8 Å². The molecular formula is C30H22ClF2N3O5. The maximum atomic E-state index is 15.3. The lowest BCUT2D eigenvalue weighted by Gasteiger charge is -2.27. The second-order valence-electron chi connectivity index (χ2n) is 9.42. The summed E-state index contributed by atoms with van der Waals surface area (Å²) in [6.07, 6.45) is 0.796. The van der Waals surface area contributed by atoms with Crippen molar-refractivity contribution in [2.45, 2.75) is 25.7 Å². The summed E-state index contributed by atoms with van der Waals surface area (Å²) in [5, 5.41) is 9.71. The maximum Gasteiger partial charge on any atom is 0.335 e. The molecule has 3 heterocycles. The van der Waals surface area contributed by atoms with Crippen LogP contribution < -0.4 is 9.47 Å². The van der Waals surface area contributed by atoms with E-state index in [1.165, 1.54) is 36.4 Å². The second kappa shape index (κ2) is 11.1. The average Bonchev–Trinajstić information content (AvgIpc) is 3.26. The Morgan fingerprint density at radius 1 is 1.05 bits per heavy atom. The zero-order chi connectivity index (χ0) is 28.5. The van der Waals surface area contributed by atoms with Crippen molar-refractivity contribution < 1.29 is 32.9 Å². The van der Waals surface area contributed by atoms with E-state index >= 15 is 4.39 Å². The molecule has 11 heteroatoms. The molecular weight excluding hydrogens is 556 g/mol. The van der Waals surface area contributed by atoms with Gasteiger partial charge in [-0.3, -0.25) is 4.57 Å². The van der Waals surface area contributed by atoms with E-state index in [0.29, 0.717) is 35.4 Å². The summed E-state index contributed by atoms with van der Waals surface area (Å²) < 4.78 is 48.3. The van der Waals surface area contributed by atoms with Crippen molar-refractivity contribution in [3.8, 4) is 28.9 Å². The summed E-state index contributed by atoms with van der Waals surface area (Å²) in [5.41, 5.74) is 2.07. The average molecular weight is 578 g/mol. The summed E-state index contributed by atoms with van der Waals surface area (Å²) in [6, 6.07) is 18.3. The summed E-state index contributed by atoms with van der Waals surface area (Å²) in [4.78, 5) is 20.4. The van der Waals surface area contributed by atoms with Gasteiger partial charge in [-0.1, -0.05) is 23.7 Å². The summed E-state index contributed by atoms with van der Waals surface area (Å²) >= 11 is 5.80. The van der Waals surface area contributed by atoms with E-state index in [4.69, 9.17) is 25.8 Å². The molecule has 0 amide bonds. The number of fused-ring (bicyclic) bond motifs is 1. The molecule has 0 saturated carbocycles. The van der Waals surface area contributed by atoms with E-state index in [-0.39, 0.29) is 46.5 Å². The third-order valence-electron chi connectivity index (χ3n) is 6.68. The van der Waals surface area contributed by atoms with Crippen LogP contribution in [0.1, 0.15) is 22.3 Å². The number of benzene rings is 3. The van der Waals surface area contributed by atoms with Gasteiger partial charge in [-0.15, -0.1) is 0 Å². The fourth-order valence-corrected chi connectivity index (χ4v) is 4.59. The number of aromatic nitrogens is 3. The first-order valence-corrected chi connectivity index (χ1v) is 13.1. The standard InChI is InChI=1S/C30H22ClF2N3O5/c31-19-6-4-18(23(32)13-19)16-40-28-3-1-2-25(34-28)22-8-7-20(14-24(22)33)41-30-35-26-9-5-17(29(37)38)12-27(26)36(30)15-21-10-11-39-21/h1-9,12-14,21H,10-11,15-16H2,(H,37,38). The first-order valence-electron chi connectivity index (χ1n) is 12.7. The van der Waals surface area contributed by atoms with E-state index in [1.54, 1.807) is 41.0 Å². The van der Waals surface area contributed by atoms with Crippen molar-refractivity contribution in [2.24, 2.45) is 0 Å². The predicted molar refractivity (Wildman–Crippen MR) is 146 cm³/mol. The number of carbonyl (C=O) groups is 1. The van der Waals surface area contributed by atoms with Crippen LogP contribution in [0.5, 0.6) is 17.6 Å². The molecule has 1 aliphatic rings. The molecule has 0 bridgehead atoms.